The van der Waals surface area contributed by atoms with Gasteiger partial charge in [-0.15, -0.1) is 11.6 Å². The summed E-state index contributed by atoms with van der Waals surface area (Å²) in [5.74, 6) is 1.39. The highest BCUT2D eigenvalue weighted by Gasteiger charge is 2.31. The van der Waals surface area contributed by atoms with Gasteiger partial charge in [-0.3, -0.25) is 0 Å². The fourth-order valence-corrected chi connectivity index (χ4v) is 3.28. The van der Waals surface area contributed by atoms with Gasteiger partial charge in [0.1, 0.15) is 5.75 Å². The zero-order chi connectivity index (χ0) is 14.1. The van der Waals surface area contributed by atoms with E-state index in [0.717, 1.165) is 29.7 Å². The lowest BCUT2D eigenvalue weighted by molar-refractivity contribution is 0.0904. The highest BCUT2D eigenvalue weighted by atomic mass is 35.5. The molecule has 2 nitrogen and oxygen atoms in total. The van der Waals surface area contributed by atoms with Crippen LogP contribution in [0.25, 0.3) is 10.8 Å². The second-order valence-electron chi connectivity index (χ2n) is 5.48. The molecule has 3 unspecified atom stereocenters. The minimum atomic E-state index is -0.0843. The molecular weight excluding hydrogens is 272 g/mol. The van der Waals surface area contributed by atoms with Crippen LogP contribution in [0.3, 0.4) is 0 Å². The fourth-order valence-electron chi connectivity index (χ4n) is 2.82. The van der Waals surface area contributed by atoms with Crippen LogP contribution in [0.15, 0.2) is 36.4 Å². The molecule has 3 atom stereocenters. The van der Waals surface area contributed by atoms with Crippen LogP contribution >= 0.6 is 11.6 Å². The van der Waals surface area contributed by atoms with Gasteiger partial charge < -0.3 is 9.47 Å². The third kappa shape index (κ3) is 2.50. The van der Waals surface area contributed by atoms with Crippen LogP contribution in [-0.2, 0) is 4.74 Å². The molecule has 0 aliphatic carbocycles. The van der Waals surface area contributed by atoms with E-state index < -0.39 is 0 Å². The number of benzene rings is 2. The summed E-state index contributed by atoms with van der Waals surface area (Å²) < 4.78 is 11.0. The lowest BCUT2D eigenvalue weighted by Crippen LogP contribution is -2.19. The van der Waals surface area contributed by atoms with Crippen LogP contribution in [0, 0.1) is 5.92 Å². The van der Waals surface area contributed by atoms with E-state index in [0.29, 0.717) is 5.92 Å². The summed E-state index contributed by atoms with van der Waals surface area (Å²) in [5.41, 5.74) is 1.13. The Hall–Kier alpha value is -1.25. The molecule has 0 spiro atoms. The zero-order valence-corrected chi connectivity index (χ0v) is 12.6. The maximum Gasteiger partial charge on any atom is 0.119 e. The molecular formula is C17H19ClO2. The Balaban J connectivity index is 1.92. The van der Waals surface area contributed by atoms with Crippen molar-refractivity contribution < 1.29 is 9.47 Å². The van der Waals surface area contributed by atoms with E-state index in [2.05, 4.69) is 31.2 Å². The molecule has 3 heteroatoms. The molecule has 1 fully saturated rings. The van der Waals surface area contributed by atoms with E-state index in [1.807, 2.05) is 12.1 Å². The van der Waals surface area contributed by atoms with Crippen LogP contribution in [0.1, 0.15) is 24.3 Å². The van der Waals surface area contributed by atoms with E-state index in [1.165, 1.54) is 5.39 Å². The molecule has 1 heterocycles. The number of methoxy groups -OCH3 is 1. The Morgan fingerprint density at radius 3 is 2.65 bits per heavy atom. The van der Waals surface area contributed by atoms with E-state index in [-0.39, 0.29) is 11.5 Å². The largest absolute Gasteiger partial charge is 0.497 e. The second-order valence-corrected chi connectivity index (χ2v) is 5.95. The van der Waals surface area contributed by atoms with Crippen molar-refractivity contribution in [2.24, 2.45) is 5.92 Å². The van der Waals surface area contributed by atoms with Gasteiger partial charge in [0.2, 0.25) is 0 Å². The zero-order valence-electron chi connectivity index (χ0n) is 11.8. The van der Waals surface area contributed by atoms with Crippen molar-refractivity contribution in [2.45, 2.75) is 24.8 Å². The first-order valence-corrected chi connectivity index (χ1v) is 7.46. The number of alkyl halides is 1. The lowest BCUT2D eigenvalue weighted by atomic mass is 9.95. The highest BCUT2D eigenvalue weighted by Crippen LogP contribution is 2.37. The Labute approximate surface area is 124 Å². The van der Waals surface area contributed by atoms with Gasteiger partial charge in [0.05, 0.1) is 18.6 Å². The first kappa shape index (κ1) is 13.7. The molecule has 1 aliphatic heterocycles. The molecule has 1 saturated heterocycles. The van der Waals surface area contributed by atoms with Gasteiger partial charge in [-0.05, 0) is 46.9 Å². The molecule has 0 N–H and O–H groups in total. The van der Waals surface area contributed by atoms with Crippen molar-refractivity contribution in [3.63, 3.8) is 0 Å². The molecule has 3 rings (SSSR count). The maximum atomic E-state index is 6.62. The normalized spacial score (nSPS) is 23.9. The van der Waals surface area contributed by atoms with Crippen LogP contribution < -0.4 is 4.74 Å². The number of hydrogen-bond donors (Lipinski definition) is 0. The molecule has 0 radical (unpaired) electrons. The number of halogens is 1. The number of ether oxygens (including phenoxy) is 2. The average molecular weight is 291 g/mol. The summed E-state index contributed by atoms with van der Waals surface area (Å²) in [6.45, 7) is 3.03. The third-order valence-electron chi connectivity index (χ3n) is 4.12. The quantitative estimate of drug-likeness (QED) is 0.772. The van der Waals surface area contributed by atoms with Crippen molar-refractivity contribution in [3.05, 3.63) is 42.0 Å². The van der Waals surface area contributed by atoms with Gasteiger partial charge in [-0.25, -0.2) is 0 Å². The van der Waals surface area contributed by atoms with Crippen LogP contribution in [0.2, 0.25) is 0 Å². The van der Waals surface area contributed by atoms with Gasteiger partial charge in [0.15, 0.2) is 0 Å². The van der Waals surface area contributed by atoms with E-state index in [1.54, 1.807) is 7.11 Å². The Kier molecular flexibility index (Phi) is 3.86. The van der Waals surface area contributed by atoms with Crippen LogP contribution in [0.4, 0.5) is 0 Å². The number of rotatable bonds is 3. The monoisotopic (exact) mass is 290 g/mol. The Morgan fingerprint density at radius 2 is 1.95 bits per heavy atom. The minimum Gasteiger partial charge on any atom is -0.497 e. The summed E-state index contributed by atoms with van der Waals surface area (Å²) in [6.07, 6.45) is 1.21. The van der Waals surface area contributed by atoms with Gasteiger partial charge in [-0.1, -0.05) is 25.1 Å². The summed E-state index contributed by atoms with van der Waals surface area (Å²) in [4.78, 5) is 0. The predicted molar refractivity (Wildman–Crippen MR) is 82.6 cm³/mol. The minimum absolute atomic E-state index is 0.0843. The fraction of sp³-hybridized carbons (Fsp3) is 0.412. The van der Waals surface area contributed by atoms with E-state index >= 15 is 0 Å². The standard InChI is InChI=1S/C17H19ClO2/c1-11-7-8-20-17(11)16(18)14-4-3-13-10-15(19-2)6-5-12(13)9-14/h3-6,9-11,16-17H,7-8H2,1-2H3. The molecule has 20 heavy (non-hydrogen) atoms. The summed E-state index contributed by atoms with van der Waals surface area (Å²) in [5, 5.41) is 2.26. The second kappa shape index (κ2) is 5.63. The Bertz CT molecular complexity index is 611. The molecule has 2 aromatic carbocycles. The van der Waals surface area contributed by atoms with Gasteiger partial charge in [-0.2, -0.15) is 0 Å². The first-order valence-electron chi connectivity index (χ1n) is 7.02. The molecule has 0 saturated carbocycles. The summed E-state index contributed by atoms with van der Waals surface area (Å²) >= 11 is 6.62. The van der Waals surface area contributed by atoms with Crippen molar-refractivity contribution >= 4 is 22.4 Å². The molecule has 2 aromatic rings. The first-order chi connectivity index (χ1) is 9.69. The Morgan fingerprint density at radius 1 is 1.20 bits per heavy atom. The number of hydrogen-bond acceptors (Lipinski definition) is 2. The smallest absolute Gasteiger partial charge is 0.119 e. The van der Waals surface area contributed by atoms with Crippen LogP contribution in [-0.4, -0.2) is 19.8 Å². The van der Waals surface area contributed by atoms with Gasteiger partial charge in [0, 0.05) is 6.61 Å². The van der Waals surface area contributed by atoms with Crippen LogP contribution in [0.5, 0.6) is 5.75 Å². The van der Waals surface area contributed by atoms with E-state index in [9.17, 15) is 0 Å². The maximum absolute atomic E-state index is 6.62. The highest BCUT2D eigenvalue weighted by molar-refractivity contribution is 6.21. The lowest BCUT2D eigenvalue weighted by Gasteiger charge is -2.21. The van der Waals surface area contributed by atoms with Crippen molar-refractivity contribution in [1.82, 2.24) is 0 Å². The molecule has 106 valence electrons. The van der Waals surface area contributed by atoms with Crippen molar-refractivity contribution in [2.75, 3.05) is 13.7 Å². The summed E-state index contributed by atoms with van der Waals surface area (Å²) in [6, 6.07) is 12.4. The predicted octanol–water partition coefficient (Wildman–Crippen LogP) is 4.55. The van der Waals surface area contributed by atoms with Gasteiger partial charge in [0.25, 0.3) is 0 Å². The molecule has 0 bridgehead atoms. The van der Waals surface area contributed by atoms with E-state index in [4.69, 9.17) is 21.1 Å². The summed E-state index contributed by atoms with van der Waals surface area (Å²) in [7, 11) is 1.68. The topological polar surface area (TPSA) is 18.5 Å². The third-order valence-corrected chi connectivity index (χ3v) is 4.62. The molecule has 1 aliphatic rings. The average Bonchev–Trinajstić information content (AvgIpc) is 2.91. The van der Waals surface area contributed by atoms with Crippen molar-refractivity contribution in [1.29, 1.82) is 0 Å². The SMILES string of the molecule is COc1ccc2cc(C(Cl)C3OCCC3C)ccc2c1. The molecule has 0 aromatic heterocycles. The number of fused-ring (bicyclic) bond motifs is 1. The van der Waals surface area contributed by atoms with Gasteiger partial charge >= 0.3 is 0 Å². The van der Waals surface area contributed by atoms with Crippen molar-refractivity contribution in [3.8, 4) is 5.75 Å². The molecule has 0 amide bonds.